The van der Waals surface area contributed by atoms with Gasteiger partial charge in [0.1, 0.15) is 5.69 Å². The van der Waals surface area contributed by atoms with Gasteiger partial charge in [-0.25, -0.2) is 0 Å². The highest BCUT2D eigenvalue weighted by molar-refractivity contribution is 6.30. The largest absolute Gasteiger partial charge is 0.366 e. The number of hydrogen-bond donors (Lipinski definition) is 2. The Bertz CT molecular complexity index is 709. The topological polar surface area (TPSA) is 79.2 Å². The normalized spacial score (nSPS) is 13.4. The first-order chi connectivity index (χ1) is 10.8. The number of aromatic nitrogens is 1. The Kier molecular flexibility index (Phi) is 5.11. The molecule has 2 rings (SSSR count). The minimum atomic E-state index is -0.564. The van der Waals surface area contributed by atoms with Gasteiger partial charge < -0.3 is 15.6 Å². The molecule has 2 unspecified atom stereocenters. The van der Waals surface area contributed by atoms with Gasteiger partial charge >= 0.3 is 0 Å². The van der Waals surface area contributed by atoms with E-state index in [9.17, 15) is 9.59 Å². The first-order valence-corrected chi connectivity index (χ1v) is 7.70. The van der Waals surface area contributed by atoms with Crippen molar-refractivity contribution in [3.63, 3.8) is 0 Å². The molecule has 2 atom stereocenters. The van der Waals surface area contributed by atoms with Gasteiger partial charge in [-0.05, 0) is 30.7 Å². The smallest absolute Gasteiger partial charge is 0.270 e. The number of hydrogen-bond acceptors (Lipinski definition) is 2. The van der Waals surface area contributed by atoms with E-state index in [0.29, 0.717) is 16.3 Å². The first kappa shape index (κ1) is 17.1. The van der Waals surface area contributed by atoms with Crippen LogP contribution in [-0.2, 0) is 0 Å². The number of aromatic amines is 1. The van der Waals surface area contributed by atoms with Crippen LogP contribution in [0.25, 0.3) is 0 Å². The van der Waals surface area contributed by atoms with Crippen molar-refractivity contribution in [3.8, 4) is 0 Å². The number of nitrogens with zero attached hydrogens (tertiary/aromatic N) is 1. The number of nitrogens with one attached hydrogen (secondary N) is 1. The van der Waals surface area contributed by atoms with Crippen LogP contribution < -0.4 is 5.73 Å². The third-order valence-electron chi connectivity index (χ3n) is 4.25. The van der Waals surface area contributed by atoms with Gasteiger partial charge in [0.15, 0.2) is 0 Å². The van der Waals surface area contributed by atoms with Crippen LogP contribution in [0.5, 0.6) is 0 Å². The van der Waals surface area contributed by atoms with Crippen molar-refractivity contribution in [2.75, 3.05) is 7.05 Å². The summed E-state index contributed by atoms with van der Waals surface area (Å²) in [5, 5.41) is 0.684. The Balaban J connectivity index is 2.14. The average Bonchev–Trinajstić information content (AvgIpc) is 3.03. The highest BCUT2D eigenvalue weighted by Crippen LogP contribution is 2.24. The zero-order chi connectivity index (χ0) is 17.1. The summed E-state index contributed by atoms with van der Waals surface area (Å²) in [5.74, 6) is -0.622. The van der Waals surface area contributed by atoms with Gasteiger partial charge in [-0.2, -0.15) is 0 Å². The van der Waals surface area contributed by atoms with Crippen molar-refractivity contribution < 1.29 is 9.59 Å². The van der Waals surface area contributed by atoms with Crippen LogP contribution >= 0.6 is 11.6 Å². The van der Waals surface area contributed by atoms with Gasteiger partial charge in [-0.3, -0.25) is 9.59 Å². The quantitative estimate of drug-likeness (QED) is 0.882. The molecule has 2 aromatic rings. The second kappa shape index (κ2) is 6.87. The maximum atomic E-state index is 12.5. The number of amides is 2. The predicted octanol–water partition coefficient (Wildman–Crippen LogP) is 3.03. The van der Waals surface area contributed by atoms with Gasteiger partial charge in [0, 0.05) is 30.2 Å². The molecule has 0 aliphatic rings. The second-order valence-corrected chi connectivity index (χ2v) is 6.10. The Morgan fingerprint density at radius 2 is 1.83 bits per heavy atom. The van der Waals surface area contributed by atoms with Gasteiger partial charge in [0.05, 0.1) is 5.56 Å². The van der Waals surface area contributed by atoms with Gasteiger partial charge in [0.25, 0.3) is 5.91 Å². The predicted molar refractivity (Wildman–Crippen MR) is 90.7 cm³/mol. The lowest BCUT2D eigenvalue weighted by molar-refractivity contribution is 0.0721. The zero-order valence-electron chi connectivity index (χ0n) is 13.3. The number of halogens is 1. The molecule has 1 heterocycles. The van der Waals surface area contributed by atoms with Crippen LogP contribution in [0.2, 0.25) is 5.02 Å². The Hall–Kier alpha value is -2.27. The van der Waals surface area contributed by atoms with Crippen LogP contribution in [0, 0.1) is 0 Å². The van der Waals surface area contributed by atoms with Crippen molar-refractivity contribution >= 4 is 23.4 Å². The summed E-state index contributed by atoms with van der Waals surface area (Å²) in [4.78, 5) is 28.1. The molecule has 23 heavy (non-hydrogen) atoms. The molecule has 0 bridgehead atoms. The molecule has 0 aliphatic heterocycles. The van der Waals surface area contributed by atoms with E-state index in [-0.39, 0.29) is 17.9 Å². The molecule has 1 aromatic carbocycles. The highest BCUT2D eigenvalue weighted by atomic mass is 35.5. The van der Waals surface area contributed by atoms with E-state index in [1.807, 2.05) is 31.2 Å². The SMILES string of the molecule is CC(c1ccc(Cl)cc1)C(C)N(C)C(=O)c1cc(C(N)=O)c[nH]1. The number of primary amides is 1. The van der Waals surface area contributed by atoms with Crippen molar-refractivity contribution in [1.82, 2.24) is 9.88 Å². The molecule has 0 radical (unpaired) electrons. The maximum absolute atomic E-state index is 12.5. The van der Waals surface area contributed by atoms with E-state index >= 15 is 0 Å². The summed E-state index contributed by atoms with van der Waals surface area (Å²) in [6, 6.07) is 9.03. The van der Waals surface area contributed by atoms with E-state index in [2.05, 4.69) is 11.9 Å². The van der Waals surface area contributed by atoms with Crippen LogP contribution in [0.1, 0.15) is 46.2 Å². The molecule has 5 nitrogen and oxygen atoms in total. The van der Waals surface area contributed by atoms with E-state index < -0.39 is 5.91 Å². The van der Waals surface area contributed by atoms with Crippen molar-refractivity contribution in [2.24, 2.45) is 5.73 Å². The van der Waals surface area contributed by atoms with Crippen molar-refractivity contribution in [3.05, 3.63) is 58.4 Å². The molecule has 3 N–H and O–H groups in total. The van der Waals surface area contributed by atoms with Crippen LogP contribution in [-0.4, -0.2) is 34.8 Å². The van der Waals surface area contributed by atoms with Crippen LogP contribution in [0.15, 0.2) is 36.5 Å². The van der Waals surface area contributed by atoms with Gasteiger partial charge in [-0.1, -0.05) is 30.7 Å². The third kappa shape index (κ3) is 3.74. The summed E-state index contributed by atoms with van der Waals surface area (Å²) < 4.78 is 0. The lowest BCUT2D eigenvalue weighted by Crippen LogP contribution is -2.38. The number of carbonyl (C=O) groups excluding carboxylic acids is 2. The molecular weight excluding hydrogens is 314 g/mol. The summed E-state index contributed by atoms with van der Waals surface area (Å²) in [7, 11) is 1.74. The molecule has 2 amide bonds. The van der Waals surface area contributed by atoms with E-state index in [4.69, 9.17) is 17.3 Å². The number of rotatable bonds is 5. The lowest BCUT2D eigenvalue weighted by atomic mass is 9.93. The highest BCUT2D eigenvalue weighted by Gasteiger charge is 2.24. The lowest BCUT2D eigenvalue weighted by Gasteiger charge is -2.30. The molecular formula is C17H20ClN3O2. The monoisotopic (exact) mass is 333 g/mol. The van der Waals surface area contributed by atoms with Gasteiger partial charge in [0.2, 0.25) is 5.91 Å². The summed E-state index contributed by atoms with van der Waals surface area (Å²) in [6.45, 7) is 4.04. The standard InChI is InChI=1S/C17H20ClN3O2/c1-10(12-4-6-14(18)7-5-12)11(2)21(3)17(23)15-8-13(9-20-15)16(19)22/h4-11,20H,1-3H3,(H2,19,22). The molecule has 6 heteroatoms. The molecule has 0 fully saturated rings. The van der Waals surface area contributed by atoms with Crippen molar-refractivity contribution in [2.45, 2.75) is 25.8 Å². The Morgan fingerprint density at radius 3 is 2.35 bits per heavy atom. The second-order valence-electron chi connectivity index (χ2n) is 5.66. The minimum absolute atomic E-state index is 0.0380. The molecule has 122 valence electrons. The molecule has 0 spiro atoms. The van der Waals surface area contributed by atoms with E-state index in [1.165, 1.54) is 12.3 Å². The number of nitrogens with two attached hydrogens (primary N) is 1. The van der Waals surface area contributed by atoms with Crippen molar-refractivity contribution in [1.29, 1.82) is 0 Å². The number of carbonyl (C=O) groups is 2. The van der Waals surface area contributed by atoms with Gasteiger partial charge in [-0.15, -0.1) is 0 Å². The molecule has 0 saturated heterocycles. The Morgan fingerprint density at radius 1 is 1.22 bits per heavy atom. The van der Waals surface area contributed by atoms with Crippen LogP contribution in [0.3, 0.4) is 0 Å². The summed E-state index contributed by atoms with van der Waals surface area (Å²) in [6.07, 6.45) is 1.44. The minimum Gasteiger partial charge on any atom is -0.366 e. The maximum Gasteiger partial charge on any atom is 0.270 e. The molecule has 0 aliphatic carbocycles. The fraction of sp³-hybridized carbons (Fsp3) is 0.294. The fourth-order valence-electron chi connectivity index (χ4n) is 2.42. The summed E-state index contributed by atoms with van der Waals surface area (Å²) >= 11 is 5.91. The number of likely N-dealkylation sites (N-methyl/N-ethyl adjacent to an activating group) is 1. The van der Waals surface area contributed by atoms with E-state index in [0.717, 1.165) is 5.56 Å². The Labute approximate surface area is 140 Å². The first-order valence-electron chi connectivity index (χ1n) is 7.32. The molecule has 0 saturated carbocycles. The number of benzene rings is 1. The third-order valence-corrected chi connectivity index (χ3v) is 4.50. The average molecular weight is 334 g/mol. The zero-order valence-corrected chi connectivity index (χ0v) is 14.1. The van der Waals surface area contributed by atoms with E-state index in [1.54, 1.807) is 11.9 Å². The van der Waals surface area contributed by atoms with Crippen LogP contribution in [0.4, 0.5) is 0 Å². The molecule has 1 aromatic heterocycles. The summed E-state index contributed by atoms with van der Waals surface area (Å²) in [5.41, 5.74) is 6.94. The fourth-order valence-corrected chi connectivity index (χ4v) is 2.54. The number of H-pyrrole nitrogens is 1.